The van der Waals surface area contributed by atoms with Crippen molar-refractivity contribution in [3.05, 3.63) is 64.1 Å². The van der Waals surface area contributed by atoms with Gasteiger partial charge in [-0.15, -0.1) is 0 Å². The van der Waals surface area contributed by atoms with E-state index in [-0.39, 0.29) is 5.41 Å². The van der Waals surface area contributed by atoms with Crippen LogP contribution in [0.25, 0.3) is 6.08 Å². The van der Waals surface area contributed by atoms with Gasteiger partial charge in [-0.25, -0.2) is 4.79 Å². The molecule has 0 fully saturated rings. The number of benzene rings is 2. The topological polar surface area (TPSA) is 35.5 Å². The molecule has 25 heavy (non-hydrogen) atoms. The van der Waals surface area contributed by atoms with E-state index in [9.17, 15) is 4.79 Å². The first-order valence-corrected chi connectivity index (χ1v) is 9.01. The van der Waals surface area contributed by atoms with Crippen molar-refractivity contribution in [2.75, 3.05) is 6.61 Å². The molecule has 2 aromatic carbocycles. The fraction of sp³-hybridized carbons (Fsp3) is 0.286. The van der Waals surface area contributed by atoms with Gasteiger partial charge in [-0.05, 0) is 54.3 Å². The quantitative estimate of drug-likeness (QED) is 0.362. The maximum Gasteiger partial charge on any atom is 0.336 e. The normalized spacial score (nSPS) is 11.6. The zero-order valence-electron chi connectivity index (χ0n) is 15.0. The van der Waals surface area contributed by atoms with Crippen LogP contribution in [0.15, 0.2) is 53.0 Å². The van der Waals surface area contributed by atoms with Crippen molar-refractivity contribution < 1.29 is 14.3 Å². The minimum atomic E-state index is -0.425. The number of carbonyl (C=O) groups is 1. The van der Waals surface area contributed by atoms with Crippen molar-refractivity contribution in [2.24, 2.45) is 0 Å². The number of esters is 1. The average Bonchev–Trinajstić information content (AvgIpc) is 2.55. The molecule has 0 saturated heterocycles. The van der Waals surface area contributed by atoms with Gasteiger partial charge in [0.25, 0.3) is 0 Å². The van der Waals surface area contributed by atoms with Crippen LogP contribution in [0.3, 0.4) is 0 Å². The summed E-state index contributed by atoms with van der Waals surface area (Å²) in [6.45, 7) is 8.91. The van der Waals surface area contributed by atoms with Crippen molar-refractivity contribution in [3.63, 3.8) is 0 Å². The number of hydrogen-bond donors (Lipinski definition) is 0. The van der Waals surface area contributed by atoms with Gasteiger partial charge >= 0.3 is 5.97 Å². The third-order valence-corrected chi connectivity index (χ3v) is 4.10. The van der Waals surface area contributed by atoms with Crippen LogP contribution in [-0.4, -0.2) is 12.6 Å². The van der Waals surface area contributed by atoms with Crippen molar-refractivity contribution >= 4 is 28.0 Å². The lowest BCUT2D eigenvalue weighted by atomic mass is 9.87. The van der Waals surface area contributed by atoms with E-state index in [4.69, 9.17) is 9.47 Å². The molecular weight excluding hydrogens is 380 g/mol. The first kappa shape index (κ1) is 19.3. The van der Waals surface area contributed by atoms with Gasteiger partial charge in [-0.1, -0.05) is 48.8 Å². The molecule has 0 bridgehead atoms. The van der Waals surface area contributed by atoms with Gasteiger partial charge in [0.05, 0.1) is 6.61 Å². The summed E-state index contributed by atoms with van der Waals surface area (Å²) < 4.78 is 11.8. The minimum absolute atomic E-state index is 0.0683. The molecule has 0 atom stereocenters. The van der Waals surface area contributed by atoms with Crippen LogP contribution in [0.4, 0.5) is 0 Å². The lowest BCUT2D eigenvalue weighted by Gasteiger charge is -2.18. The maximum atomic E-state index is 12.1. The summed E-state index contributed by atoms with van der Waals surface area (Å²) in [5.41, 5.74) is 2.08. The van der Waals surface area contributed by atoms with E-state index in [1.54, 1.807) is 6.08 Å². The van der Waals surface area contributed by atoms with Crippen molar-refractivity contribution in [1.29, 1.82) is 0 Å². The van der Waals surface area contributed by atoms with E-state index in [1.165, 1.54) is 11.6 Å². The van der Waals surface area contributed by atoms with Crippen molar-refractivity contribution in [2.45, 2.75) is 33.1 Å². The first-order chi connectivity index (χ1) is 11.8. The second-order valence-corrected chi connectivity index (χ2v) is 7.56. The van der Waals surface area contributed by atoms with Gasteiger partial charge < -0.3 is 9.47 Å². The summed E-state index contributed by atoms with van der Waals surface area (Å²) in [5, 5.41) is 0. The lowest BCUT2D eigenvalue weighted by molar-refractivity contribution is -0.128. The Kier molecular flexibility index (Phi) is 6.43. The smallest absolute Gasteiger partial charge is 0.336 e. The highest BCUT2D eigenvalue weighted by atomic mass is 79.9. The van der Waals surface area contributed by atoms with Crippen LogP contribution in [0.2, 0.25) is 0 Å². The van der Waals surface area contributed by atoms with Gasteiger partial charge in [0, 0.05) is 16.1 Å². The monoisotopic (exact) mass is 402 g/mol. The highest BCUT2D eigenvalue weighted by molar-refractivity contribution is 9.10. The molecule has 0 aromatic heterocycles. The van der Waals surface area contributed by atoms with E-state index < -0.39 is 5.97 Å². The maximum absolute atomic E-state index is 12.1. The van der Waals surface area contributed by atoms with E-state index in [0.717, 1.165) is 15.8 Å². The molecule has 2 rings (SSSR count). The zero-order chi connectivity index (χ0) is 18.4. The largest absolute Gasteiger partial charge is 0.493 e. The number of ether oxygens (including phenoxy) is 2. The first-order valence-electron chi connectivity index (χ1n) is 8.22. The molecule has 0 radical (unpaired) electrons. The fourth-order valence-corrected chi connectivity index (χ4v) is 2.65. The predicted molar refractivity (Wildman–Crippen MR) is 105 cm³/mol. The van der Waals surface area contributed by atoms with Crippen LogP contribution < -0.4 is 9.47 Å². The number of carbonyl (C=O) groups excluding carboxylic acids is 1. The van der Waals surface area contributed by atoms with Gasteiger partial charge in [0.1, 0.15) is 11.5 Å². The van der Waals surface area contributed by atoms with Crippen LogP contribution >= 0.6 is 15.9 Å². The van der Waals surface area contributed by atoms with Gasteiger partial charge in [-0.3, -0.25) is 0 Å². The highest BCUT2D eigenvalue weighted by Gasteiger charge is 2.13. The van der Waals surface area contributed by atoms with Crippen molar-refractivity contribution in [1.82, 2.24) is 0 Å². The highest BCUT2D eigenvalue weighted by Crippen LogP contribution is 2.26. The molecule has 4 heteroatoms. The van der Waals surface area contributed by atoms with Crippen molar-refractivity contribution in [3.8, 4) is 11.5 Å². The average molecular weight is 403 g/mol. The summed E-state index contributed by atoms with van der Waals surface area (Å²) in [6, 6.07) is 13.3. The molecular formula is C21H23BrO3. The Morgan fingerprint density at radius 2 is 1.80 bits per heavy atom. The minimum Gasteiger partial charge on any atom is -0.493 e. The molecule has 0 aliphatic heterocycles. The Morgan fingerprint density at radius 3 is 2.40 bits per heavy atom. The summed E-state index contributed by atoms with van der Waals surface area (Å²) in [4.78, 5) is 12.1. The molecule has 2 aromatic rings. The SMILES string of the molecule is CCOc1ccc(Br)cc1/C=C/C(=O)Oc1ccc(C(C)(C)C)cc1. The van der Waals surface area contributed by atoms with Crippen LogP contribution in [0.1, 0.15) is 38.8 Å². The third-order valence-electron chi connectivity index (χ3n) is 3.61. The molecule has 0 spiro atoms. The van der Waals surface area contributed by atoms with E-state index in [1.807, 2.05) is 49.4 Å². The summed E-state index contributed by atoms with van der Waals surface area (Å²) in [6.07, 6.45) is 3.10. The second-order valence-electron chi connectivity index (χ2n) is 6.64. The summed E-state index contributed by atoms with van der Waals surface area (Å²) in [5.74, 6) is 0.831. The Balaban J connectivity index is 2.07. The molecule has 0 unspecified atom stereocenters. The molecule has 0 saturated carbocycles. The van der Waals surface area contributed by atoms with Gasteiger partial charge in [0.2, 0.25) is 0 Å². The number of halogens is 1. The molecule has 3 nitrogen and oxygen atoms in total. The molecule has 0 amide bonds. The summed E-state index contributed by atoms with van der Waals surface area (Å²) >= 11 is 3.43. The molecule has 0 N–H and O–H groups in total. The second kappa shape index (κ2) is 8.34. The summed E-state index contributed by atoms with van der Waals surface area (Å²) in [7, 11) is 0. The predicted octanol–water partition coefficient (Wildman–Crippen LogP) is 5.76. The van der Waals surface area contributed by atoms with E-state index in [2.05, 4.69) is 36.7 Å². The van der Waals surface area contributed by atoms with Crippen LogP contribution in [0.5, 0.6) is 11.5 Å². The molecule has 0 heterocycles. The Morgan fingerprint density at radius 1 is 1.12 bits per heavy atom. The molecule has 132 valence electrons. The van der Waals surface area contributed by atoms with Gasteiger partial charge in [-0.2, -0.15) is 0 Å². The van der Waals surface area contributed by atoms with Gasteiger partial charge in [0.15, 0.2) is 0 Å². The third kappa shape index (κ3) is 5.75. The lowest BCUT2D eigenvalue weighted by Crippen LogP contribution is -2.11. The zero-order valence-corrected chi connectivity index (χ0v) is 16.6. The Bertz CT molecular complexity index is 756. The number of hydrogen-bond acceptors (Lipinski definition) is 3. The Labute approximate surface area is 157 Å². The Hall–Kier alpha value is -2.07. The van der Waals surface area contributed by atoms with Crippen LogP contribution in [0, 0.1) is 0 Å². The van der Waals surface area contributed by atoms with E-state index in [0.29, 0.717) is 12.4 Å². The van der Waals surface area contributed by atoms with E-state index >= 15 is 0 Å². The standard InChI is InChI=1S/C21H23BrO3/c1-5-24-19-12-9-17(22)14-15(19)6-13-20(23)25-18-10-7-16(8-11-18)21(2,3)4/h6-14H,5H2,1-4H3/b13-6+. The molecule has 0 aliphatic rings. The fourth-order valence-electron chi connectivity index (χ4n) is 2.27. The molecule has 0 aliphatic carbocycles. The van der Waals surface area contributed by atoms with Crippen LogP contribution in [-0.2, 0) is 10.2 Å². The number of rotatable bonds is 5.